The number of hydrogen-bond donors (Lipinski definition) is 1. The number of hydroxylamine groups is 1. The highest BCUT2D eigenvalue weighted by Crippen LogP contribution is 1.72. The minimum atomic E-state index is 0.465. The van der Waals surface area contributed by atoms with Crippen LogP contribution in [-0.2, 0) is 9.57 Å². The highest BCUT2D eigenvalue weighted by Gasteiger charge is 1.84. The molecule has 58 valence electrons. The van der Waals surface area contributed by atoms with Crippen LogP contribution in [-0.4, -0.2) is 26.9 Å². The lowest BCUT2D eigenvalue weighted by Crippen LogP contribution is -2.18. The number of hydrogen-bond acceptors (Lipinski definition) is 4. The fourth-order valence-corrected chi connectivity index (χ4v) is 0.376. The van der Waals surface area contributed by atoms with Gasteiger partial charge in [0.15, 0.2) is 0 Å². The van der Waals surface area contributed by atoms with E-state index in [1.165, 1.54) is 0 Å². The SMILES string of the molecule is COCCONCCC#N. The third-order valence-corrected chi connectivity index (χ3v) is 0.830. The maximum Gasteiger partial charge on any atom is 0.0915 e. The molecule has 0 atom stereocenters. The Labute approximate surface area is 60.7 Å². The van der Waals surface area contributed by atoms with Gasteiger partial charge >= 0.3 is 0 Å². The maximum atomic E-state index is 8.10. The van der Waals surface area contributed by atoms with E-state index in [4.69, 9.17) is 14.8 Å². The second kappa shape index (κ2) is 8.37. The van der Waals surface area contributed by atoms with Gasteiger partial charge in [-0.15, -0.1) is 0 Å². The van der Waals surface area contributed by atoms with Gasteiger partial charge in [0.25, 0.3) is 0 Å². The summed E-state index contributed by atoms with van der Waals surface area (Å²) >= 11 is 0. The predicted octanol–water partition coefficient (Wildman–Crippen LogP) is 0.0677. The lowest BCUT2D eigenvalue weighted by molar-refractivity contribution is 0.00803. The van der Waals surface area contributed by atoms with Crippen molar-refractivity contribution in [2.45, 2.75) is 6.42 Å². The molecule has 0 heterocycles. The number of rotatable bonds is 6. The number of ether oxygens (including phenoxy) is 1. The van der Waals surface area contributed by atoms with Crippen LogP contribution in [0.5, 0.6) is 0 Å². The number of nitrogens with zero attached hydrogens (tertiary/aromatic N) is 1. The molecule has 0 radical (unpaired) electrons. The van der Waals surface area contributed by atoms with Crippen molar-refractivity contribution in [1.82, 2.24) is 5.48 Å². The van der Waals surface area contributed by atoms with Crippen LogP contribution in [0.4, 0.5) is 0 Å². The zero-order valence-corrected chi connectivity index (χ0v) is 6.09. The molecule has 10 heavy (non-hydrogen) atoms. The summed E-state index contributed by atoms with van der Waals surface area (Å²) in [5, 5.41) is 8.10. The molecule has 0 aliphatic rings. The van der Waals surface area contributed by atoms with Crippen molar-refractivity contribution < 1.29 is 9.57 Å². The smallest absolute Gasteiger partial charge is 0.0915 e. The van der Waals surface area contributed by atoms with Crippen LogP contribution in [0.2, 0.25) is 0 Å². The lowest BCUT2D eigenvalue weighted by atomic mass is 10.5. The molecule has 0 rings (SSSR count). The number of methoxy groups -OCH3 is 1. The molecule has 0 aromatic rings. The van der Waals surface area contributed by atoms with E-state index < -0.39 is 0 Å². The largest absolute Gasteiger partial charge is 0.382 e. The monoisotopic (exact) mass is 144 g/mol. The van der Waals surface area contributed by atoms with Crippen LogP contribution in [0.1, 0.15) is 6.42 Å². The third-order valence-electron chi connectivity index (χ3n) is 0.830. The van der Waals surface area contributed by atoms with Crippen molar-refractivity contribution in [3.05, 3.63) is 0 Å². The van der Waals surface area contributed by atoms with Crippen LogP contribution in [0, 0.1) is 11.3 Å². The molecule has 0 amide bonds. The topological polar surface area (TPSA) is 54.3 Å². The first kappa shape index (κ1) is 9.37. The average Bonchev–Trinajstić information content (AvgIpc) is 1.97. The van der Waals surface area contributed by atoms with Crippen molar-refractivity contribution in [3.8, 4) is 6.07 Å². The second-order valence-electron chi connectivity index (χ2n) is 1.64. The Bertz CT molecular complexity index is 100. The van der Waals surface area contributed by atoms with Gasteiger partial charge in [-0.3, -0.25) is 4.84 Å². The molecule has 0 spiro atoms. The Morgan fingerprint density at radius 3 is 2.90 bits per heavy atom. The molecule has 4 nitrogen and oxygen atoms in total. The van der Waals surface area contributed by atoms with Crippen LogP contribution in [0.3, 0.4) is 0 Å². The average molecular weight is 144 g/mol. The first-order chi connectivity index (χ1) is 4.91. The van der Waals surface area contributed by atoms with E-state index >= 15 is 0 Å². The molecular formula is C6H12N2O2. The van der Waals surface area contributed by atoms with E-state index in [0.717, 1.165) is 0 Å². The summed E-state index contributed by atoms with van der Waals surface area (Å²) in [6, 6.07) is 1.98. The van der Waals surface area contributed by atoms with Gasteiger partial charge in [-0.1, -0.05) is 0 Å². The highest BCUT2D eigenvalue weighted by molar-refractivity contribution is 4.68. The molecule has 1 N–H and O–H groups in total. The maximum absolute atomic E-state index is 8.10. The fraction of sp³-hybridized carbons (Fsp3) is 0.833. The molecule has 0 aromatic heterocycles. The molecule has 0 unspecified atom stereocenters. The molecule has 0 aliphatic carbocycles. The van der Waals surface area contributed by atoms with Crippen LogP contribution in [0.25, 0.3) is 0 Å². The van der Waals surface area contributed by atoms with Crippen molar-refractivity contribution in [2.24, 2.45) is 0 Å². The Morgan fingerprint density at radius 1 is 1.50 bits per heavy atom. The minimum Gasteiger partial charge on any atom is -0.382 e. The summed E-state index contributed by atoms with van der Waals surface area (Å²) in [6.07, 6.45) is 0.465. The summed E-state index contributed by atoms with van der Waals surface area (Å²) in [4.78, 5) is 4.85. The van der Waals surface area contributed by atoms with Crippen LogP contribution in [0.15, 0.2) is 0 Å². The Hall–Kier alpha value is -0.630. The normalized spacial score (nSPS) is 9.20. The molecule has 0 aromatic carbocycles. The van der Waals surface area contributed by atoms with E-state index in [1.807, 2.05) is 6.07 Å². The first-order valence-corrected chi connectivity index (χ1v) is 3.12. The van der Waals surface area contributed by atoms with E-state index in [-0.39, 0.29) is 0 Å². The molecule has 0 saturated carbocycles. The van der Waals surface area contributed by atoms with Crippen LogP contribution >= 0.6 is 0 Å². The minimum absolute atomic E-state index is 0.465. The van der Waals surface area contributed by atoms with E-state index in [2.05, 4.69) is 5.48 Å². The summed E-state index contributed by atoms with van der Waals surface area (Å²) < 4.78 is 4.72. The second-order valence-corrected chi connectivity index (χ2v) is 1.64. The molecule has 0 fully saturated rings. The van der Waals surface area contributed by atoms with Gasteiger partial charge in [0, 0.05) is 20.1 Å². The van der Waals surface area contributed by atoms with Gasteiger partial charge in [-0.2, -0.15) is 5.26 Å². The zero-order valence-electron chi connectivity index (χ0n) is 6.09. The van der Waals surface area contributed by atoms with Crippen LogP contribution < -0.4 is 5.48 Å². The highest BCUT2D eigenvalue weighted by atomic mass is 16.7. The third kappa shape index (κ3) is 7.37. The molecule has 4 heteroatoms. The van der Waals surface area contributed by atoms with Crippen molar-refractivity contribution in [1.29, 1.82) is 5.26 Å². The molecular weight excluding hydrogens is 132 g/mol. The van der Waals surface area contributed by atoms with Gasteiger partial charge < -0.3 is 4.74 Å². The van der Waals surface area contributed by atoms with Crippen molar-refractivity contribution in [3.63, 3.8) is 0 Å². The Morgan fingerprint density at radius 2 is 2.30 bits per heavy atom. The Balaban J connectivity index is 2.72. The zero-order chi connectivity index (χ0) is 7.66. The quantitative estimate of drug-likeness (QED) is 0.423. The predicted molar refractivity (Wildman–Crippen MR) is 36.1 cm³/mol. The van der Waals surface area contributed by atoms with E-state index in [1.54, 1.807) is 7.11 Å². The summed E-state index contributed by atoms with van der Waals surface area (Å²) in [5.74, 6) is 0. The summed E-state index contributed by atoms with van der Waals surface area (Å²) in [6.45, 7) is 1.65. The summed E-state index contributed by atoms with van der Waals surface area (Å²) in [5.41, 5.74) is 2.62. The molecule has 0 bridgehead atoms. The Kier molecular flexibility index (Phi) is 7.84. The first-order valence-electron chi connectivity index (χ1n) is 3.12. The lowest BCUT2D eigenvalue weighted by Gasteiger charge is -2.01. The van der Waals surface area contributed by atoms with Gasteiger partial charge in [-0.05, 0) is 0 Å². The van der Waals surface area contributed by atoms with Gasteiger partial charge in [0.1, 0.15) is 0 Å². The van der Waals surface area contributed by atoms with Gasteiger partial charge in [-0.25, -0.2) is 5.48 Å². The number of nitriles is 1. The van der Waals surface area contributed by atoms with Crippen molar-refractivity contribution in [2.75, 3.05) is 26.9 Å². The number of nitrogens with one attached hydrogen (secondary N) is 1. The molecule has 0 aliphatic heterocycles. The van der Waals surface area contributed by atoms with Gasteiger partial charge in [0.05, 0.1) is 19.3 Å². The van der Waals surface area contributed by atoms with Crippen molar-refractivity contribution >= 4 is 0 Å². The standard InChI is InChI=1S/C6H12N2O2/c1-9-5-6-10-8-4-2-3-7/h8H,2,4-6H2,1H3. The molecule has 0 saturated heterocycles. The summed E-state index contributed by atoms with van der Waals surface area (Å²) in [7, 11) is 1.61. The van der Waals surface area contributed by atoms with E-state index in [9.17, 15) is 0 Å². The van der Waals surface area contributed by atoms with Gasteiger partial charge in [0.2, 0.25) is 0 Å². The van der Waals surface area contributed by atoms with E-state index in [0.29, 0.717) is 26.2 Å². The fourth-order valence-electron chi connectivity index (χ4n) is 0.376.